The van der Waals surface area contributed by atoms with Gasteiger partial charge in [0.1, 0.15) is 10.2 Å². The second-order valence-electron chi connectivity index (χ2n) is 2.71. The number of benzene rings is 1. The molecule has 1 aromatic carbocycles. The van der Waals surface area contributed by atoms with E-state index in [1.54, 1.807) is 0 Å². The van der Waals surface area contributed by atoms with Crippen LogP contribution in [0.15, 0.2) is 28.5 Å². The first-order valence-corrected chi connectivity index (χ1v) is 6.18. The molecular weight excluding hydrogens is 188 g/mol. The van der Waals surface area contributed by atoms with E-state index in [0.29, 0.717) is 10.2 Å². The molecule has 0 amide bonds. The van der Waals surface area contributed by atoms with E-state index in [4.69, 9.17) is 0 Å². The molecule has 1 unspecified atom stereocenters. The van der Waals surface area contributed by atoms with Crippen molar-refractivity contribution in [1.82, 2.24) is 0 Å². The van der Waals surface area contributed by atoms with Gasteiger partial charge in [-0.05, 0) is 39.5 Å². The third kappa shape index (κ3) is 1.19. The van der Waals surface area contributed by atoms with Crippen molar-refractivity contribution < 1.29 is 4.21 Å². The second-order valence-corrected chi connectivity index (χ2v) is 5.64. The van der Waals surface area contributed by atoms with E-state index in [1.165, 1.54) is 16.0 Å². The molecule has 0 fully saturated rings. The van der Waals surface area contributed by atoms with Crippen LogP contribution in [0, 0.1) is 6.92 Å². The molecule has 0 saturated heterocycles. The van der Waals surface area contributed by atoms with Gasteiger partial charge in [-0.25, -0.2) is 4.21 Å². The zero-order valence-electron chi connectivity index (χ0n) is 6.61. The van der Waals surface area contributed by atoms with Gasteiger partial charge in [0.25, 0.3) is 0 Å². The molecule has 2 rings (SSSR count). The summed E-state index contributed by atoms with van der Waals surface area (Å²) in [6.45, 7) is 2.06. The van der Waals surface area contributed by atoms with Crippen LogP contribution >= 0.6 is 0 Å². The molecule has 12 heavy (non-hydrogen) atoms. The molecule has 0 spiro atoms. The highest BCUT2D eigenvalue weighted by Gasteiger charge is 2.09. The fourth-order valence-corrected chi connectivity index (χ4v) is 3.32. The summed E-state index contributed by atoms with van der Waals surface area (Å²) in [5.74, 6) is 0. The van der Waals surface area contributed by atoms with Crippen molar-refractivity contribution in [1.29, 1.82) is 0 Å². The van der Waals surface area contributed by atoms with Gasteiger partial charge in [-0.2, -0.15) is 0 Å². The Bertz CT molecular complexity index is 415. The number of aryl methyl sites for hydroxylation is 1. The highest BCUT2D eigenvalue weighted by Crippen LogP contribution is 2.24. The predicted octanol–water partition coefficient (Wildman–Crippen LogP) is 2.08. The van der Waals surface area contributed by atoms with Crippen molar-refractivity contribution in [2.24, 2.45) is 0 Å². The quantitative estimate of drug-likeness (QED) is 0.621. The van der Waals surface area contributed by atoms with E-state index in [-0.39, 0.29) is 9.45 Å². The lowest BCUT2D eigenvalue weighted by Gasteiger charge is -1.98. The third-order valence-corrected chi connectivity index (χ3v) is 4.47. The standard InChI is InChI=1S/C9H8OS2/c1-7-2-3-9-8(6-7)4-5-12(9)11-10/h2-6H,1H3. The van der Waals surface area contributed by atoms with Gasteiger partial charge in [-0.15, -0.1) is 0 Å². The molecule has 0 N–H and O–H groups in total. The van der Waals surface area contributed by atoms with Crippen molar-refractivity contribution in [2.75, 3.05) is 0 Å². The highest BCUT2D eigenvalue weighted by atomic mass is 32.8. The smallest absolute Gasteiger partial charge is 0.129 e. The number of hydrogen-bond donors (Lipinski definition) is 0. The topological polar surface area (TPSA) is 17.1 Å². The molecule has 1 heterocycles. The lowest BCUT2D eigenvalue weighted by atomic mass is 10.1. The summed E-state index contributed by atoms with van der Waals surface area (Å²) in [6.07, 6.45) is 2.04. The van der Waals surface area contributed by atoms with Crippen molar-refractivity contribution in [2.45, 2.75) is 11.8 Å². The predicted molar refractivity (Wildman–Crippen MR) is 54.0 cm³/mol. The molecule has 62 valence electrons. The van der Waals surface area contributed by atoms with Gasteiger partial charge in [0, 0.05) is 4.90 Å². The fourth-order valence-electron chi connectivity index (χ4n) is 1.25. The maximum atomic E-state index is 10.7. The molecule has 1 aliphatic heterocycles. The molecule has 1 aliphatic rings. The summed E-state index contributed by atoms with van der Waals surface area (Å²) >= 11 is 0. The average Bonchev–Trinajstić information content (AvgIpc) is 2.46. The Balaban J connectivity index is 2.69. The van der Waals surface area contributed by atoms with E-state index in [2.05, 4.69) is 25.1 Å². The van der Waals surface area contributed by atoms with Crippen LogP contribution in [0.3, 0.4) is 0 Å². The Kier molecular flexibility index (Phi) is 1.98. The molecule has 1 nitrogen and oxygen atoms in total. The second kappa shape index (κ2) is 2.99. The van der Waals surface area contributed by atoms with Gasteiger partial charge in [0.15, 0.2) is 0 Å². The summed E-state index contributed by atoms with van der Waals surface area (Å²) in [7, 11) is 0.435. The van der Waals surface area contributed by atoms with Crippen LogP contribution in [0.2, 0.25) is 0 Å². The van der Waals surface area contributed by atoms with Gasteiger partial charge < -0.3 is 0 Å². The minimum absolute atomic E-state index is 0.237. The fraction of sp³-hybridized carbons (Fsp3) is 0.111. The minimum Gasteiger partial charge on any atom is -0.205 e. The molecule has 0 saturated carbocycles. The third-order valence-electron chi connectivity index (χ3n) is 1.83. The van der Waals surface area contributed by atoms with Crippen LogP contribution in [0.4, 0.5) is 0 Å². The van der Waals surface area contributed by atoms with E-state index in [1.807, 2.05) is 11.5 Å². The van der Waals surface area contributed by atoms with Crippen LogP contribution in [0.1, 0.15) is 11.1 Å². The van der Waals surface area contributed by atoms with Crippen molar-refractivity contribution in [3.8, 4) is 0 Å². The summed E-state index contributed by atoms with van der Waals surface area (Å²) in [4.78, 5) is 1.18. The Morgan fingerprint density at radius 3 is 3.00 bits per heavy atom. The number of fused-ring (bicyclic) bond motifs is 1. The summed E-state index contributed by atoms with van der Waals surface area (Å²) in [5, 5.41) is 1.99. The first kappa shape index (κ1) is 7.95. The summed E-state index contributed by atoms with van der Waals surface area (Å²) in [5.41, 5.74) is 2.46. The number of hydrogen-bond acceptors (Lipinski definition) is 1. The lowest BCUT2D eigenvalue weighted by Crippen LogP contribution is -1.84. The van der Waals surface area contributed by atoms with Crippen molar-refractivity contribution in [3.63, 3.8) is 0 Å². The van der Waals surface area contributed by atoms with Gasteiger partial charge >= 0.3 is 0 Å². The van der Waals surface area contributed by atoms with Crippen LogP contribution < -0.4 is 0 Å². The molecular formula is C9H8OS2. The van der Waals surface area contributed by atoms with Gasteiger partial charge in [-0.3, -0.25) is 0 Å². The van der Waals surface area contributed by atoms with Crippen molar-refractivity contribution >= 4 is 25.8 Å². The zero-order chi connectivity index (χ0) is 8.55. The molecule has 3 heteroatoms. The molecule has 0 aliphatic carbocycles. The monoisotopic (exact) mass is 196 g/mol. The van der Waals surface area contributed by atoms with Crippen LogP contribution in [0.5, 0.6) is 0 Å². The summed E-state index contributed by atoms with van der Waals surface area (Å²) in [6, 6.07) is 6.23. The van der Waals surface area contributed by atoms with Crippen LogP contribution in [-0.2, 0) is 19.7 Å². The maximum Gasteiger partial charge on any atom is 0.129 e. The van der Waals surface area contributed by atoms with Crippen LogP contribution in [-0.4, -0.2) is 4.21 Å². The molecule has 1 atom stereocenters. The molecule has 0 aromatic heterocycles. The van der Waals surface area contributed by atoms with Crippen molar-refractivity contribution in [3.05, 3.63) is 34.7 Å². The van der Waals surface area contributed by atoms with E-state index >= 15 is 0 Å². The zero-order valence-corrected chi connectivity index (χ0v) is 8.24. The molecule has 0 bridgehead atoms. The Morgan fingerprint density at radius 1 is 1.42 bits per heavy atom. The Hall–Kier alpha value is -0.670. The number of rotatable bonds is 0. The largest absolute Gasteiger partial charge is 0.205 e. The average molecular weight is 196 g/mol. The van der Waals surface area contributed by atoms with Gasteiger partial charge in [-0.1, -0.05) is 17.7 Å². The Morgan fingerprint density at radius 2 is 2.25 bits per heavy atom. The molecule has 0 radical (unpaired) electrons. The Labute approximate surface area is 76.8 Å². The van der Waals surface area contributed by atoms with Gasteiger partial charge in [0.2, 0.25) is 0 Å². The summed E-state index contributed by atoms with van der Waals surface area (Å²) < 4.78 is 10.7. The highest BCUT2D eigenvalue weighted by molar-refractivity contribution is 8.33. The first-order chi connectivity index (χ1) is 5.81. The van der Waals surface area contributed by atoms with E-state index in [0.717, 1.165) is 0 Å². The molecule has 1 aromatic rings. The first-order valence-electron chi connectivity index (χ1n) is 3.63. The lowest BCUT2D eigenvalue weighted by molar-refractivity contribution is 0.701. The SMILES string of the molecule is Cc1ccc2c(c1)C=CS2=S=O. The minimum atomic E-state index is -0.237. The maximum absolute atomic E-state index is 10.7. The van der Waals surface area contributed by atoms with E-state index < -0.39 is 0 Å². The van der Waals surface area contributed by atoms with Crippen LogP contribution in [0.25, 0.3) is 6.08 Å². The van der Waals surface area contributed by atoms with Gasteiger partial charge in [0.05, 0.1) is 0 Å². The van der Waals surface area contributed by atoms with E-state index in [9.17, 15) is 4.21 Å². The normalized spacial score (nSPS) is 19.2.